The largest absolute Gasteiger partial charge is 0.480 e. The fourth-order valence-corrected chi connectivity index (χ4v) is 5.52. The van der Waals surface area contributed by atoms with E-state index < -0.39 is 11.6 Å². The molecule has 1 aromatic carbocycles. The van der Waals surface area contributed by atoms with Gasteiger partial charge in [0.2, 0.25) is 0 Å². The maximum Gasteiger partial charge on any atom is 0.410 e. The van der Waals surface area contributed by atoms with E-state index in [2.05, 4.69) is 60.2 Å². The number of amides is 2. The number of carboxylic acid groups (broad SMARTS) is 1. The zero-order valence-electron chi connectivity index (χ0n) is 26.2. The third kappa shape index (κ3) is 8.27. The van der Waals surface area contributed by atoms with Crippen LogP contribution in [-0.4, -0.2) is 75.3 Å². The second-order valence-electron chi connectivity index (χ2n) is 12.7. The molecule has 3 heterocycles. The number of benzene rings is 1. The van der Waals surface area contributed by atoms with Crippen LogP contribution < -0.4 is 10.2 Å². The molecule has 0 aliphatic carbocycles. The van der Waals surface area contributed by atoms with Crippen LogP contribution in [0.15, 0.2) is 42.6 Å². The highest BCUT2D eigenvalue weighted by atomic mass is 16.6. The van der Waals surface area contributed by atoms with Gasteiger partial charge in [-0.1, -0.05) is 32.9 Å². The summed E-state index contributed by atoms with van der Waals surface area (Å²) in [7, 11) is 0. The average molecular weight is 592 g/mol. The molecule has 0 unspecified atom stereocenters. The van der Waals surface area contributed by atoms with Crippen LogP contribution in [0.25, 0.3) is 11.0 Å². The lowest BCUT2D eigenvalue weighted by Gasteiger charge is -2.42. The highest BCUT2D eigenvalue weighted by Gasteiger charge is 2.32. The number of carbonyl (C=O) groups excluding carboxylic acids is 2. The lowest BCUT2D eigenvalue weighted by Crippen LogP contribution is -2.56. The van der Waals surface area contributed by atoms with E-state index in [1.807, 2.05) is 31.7 Å². The number of piperazine rings is 1. The number of aliphatic carboxylic acids is 1. The van der Waals surface area contributed by atoms with Crippen molar-refractivity contribution in [1.82, 2.24) is 19.8 Å². The van der Waals surface area contributed by atoms with Gasteiger partial charge in [-0.2, -0.15) is 0 Å². The summed E-state index contributed by atoms with van der Waals surface area (Å²) in [5.41, 5.74) is 3.63. The van der Waals surface area contributed by atoms with Crippen molar-refractivity contribution in [2.75, 3.05) is 31.1 Å². The maximum atomic E-state index is 12.9. The number of pyridine rings is 1. The number of fused-ring (bicyclic) bond motifs is 1. The highest BCUT2D eigenvalue weighted by molar-refractivity contribution is 5.97. The summed E-state index contributed by atoms with van der Waals surface area (Å²) in [6.07, 6.45) is 3.52. The maximum absolute atomic E-state index is 12.9. The van der Waals surface area contributed by atoms with Gasteiger partial charge in [0.1, 0.15) is 17.8 Å². The number of nitrogens with zero attached hydrogens (tertiary/aromatic N) is 4. The molecule has 4 rings (SSSR count). The van der Waals surface area contributed by atoms with Crippen molar-refractivity contribution in [2.45, 2.75) is 79.0 Å². The fraction of sp³-hybridized carbons (Fsp3) is 0.515. The van der Waals surface area contributed by atoms with Gasteiger partial charge in [0.25, 0.3) is 5.91 Å². The van der Waals surface area contributed by atoms with Gasteiger partial charge in [0.05, 0.1) is 11.6 Å². The number of aromatic nitrogens is 2. The molecule has 0 saturated carbocycles. The van der Waals surface area contributed by atoms with E-state index in [0.717, 1.165) is 48.3 Å². The minimum atomic E-state index is -0.926. The van der Waals surface area contributed by atoms with Crippen LogP contribution in [0.4, 0.5) is 10.5 Å². The molecule has 2 aromatic heterocycles. The van der Waals surface area contributed by atoms with Crippen LogP contribution in [0, 0.1) is 5.92 Å². The smallest absolute Gasteiger partial charge is 0.410 e. The Morgan fingerprint density at radius 1 is 1.12 bits per heavy atom. The minimum absolute atomic E-state index is 0.0877. The van der Waals surface area contributed by atoms with Crippen LogP contribution in [-0.2, 0) is 28.9 Å². The molecule has 2 N–H and O–H groups in total. The summed E-state index contributed by atoms with van der Waals surface area (Å²) in [6, 6.07) is 12.2. The van der Waals surface area contributed by atoms with E-state index in [0.29, 0.717) is 36.6 Å². The second-order valence-corrected chi connectivity index (χ2v) is 12.7. The minimum Gasteiger partial charge on any atom is -0.480 e. The van der Waals surface area contributed by atoms with Crippen LogP contribution in [0.2, 0.25) is 0 Å². The number of hydrogen-bond acceptors (Lipinski definition) is 6. The number of ether oxygens (including phenoxy) is 1. The number of anilines is 1. The number of carbonyl (C=O) groups is 3. The standard InChI is InChI=1S/C33H45N5O5/c1-7-26-20-36(14-15-37(26)32(42)43-33(4,5)6)27-10-8-23(9-11-27)12-13-34-31(41)25-17-24-18-28(16-22(2)3)38(21-29(39)40)30(24)35-19-25/h8-11,17-19,22,26H,7,12-16,20-21H2,1-6H3,(H,34,41)(H,39,40)/t26-/m0/s1. The van der Waals surface area contributed by atoms with Gasteiger partial charge in [-0.25, -0.2) is 9.78 Å². The Morgan fingerprint density at radius 3 is 2.47 bits per heavy atom. The van der Waals surface area contributed by atoms with Gasteiger partial charge >= 0.3 is 12.1 Å². The van der Waals surface area contributed by atoms with Crippen molar-refractivity contribution in [3.8, 4) is 0 Å². The third-order valence-corrected chi connectivity index (χ3v) is 7.58. The molecule has 0 spiro atoms. The highest BCUT2D eigenvalue weighted by Crippen LogP contribution is 2.24. The first-order valence-corrected chi connectivity index (χ1v) is 15.2. The Kier molecular flexibility index (Phi) is 9.98. The Balaban J connectivity index is 1.32. The van der Waals surface area contributed by atoms with Crippen molar-refractivity contribution in [3.05, 3.63) is 59.4 Å². The Hall–Kier alpha value is -4.08. The molecule has 1 aliphatic heterocycles. The van der Waals surface area contributed by atoms with Crippen LogP contribution in [0.5, 0.6) is 0 Å². The molecule has 43 heavy (non-hydrogen) atoms. The molecular weight excluding hydrogens is 546 g/mol. The van der Waals surface area contributed by atoms with Gasteiger partial charge in [-0.15, -0.1) is 0 Å². The number of hydrogen-bond donors (Lipinski definition) is 2. The Bertz CT molecular complexity index is 1440. The van der Waals surface area contributed by atoms with Crippen LogP contribution >= 0.6 is 0 Å². The molecule has 1 aliphatic rings. The molecule has 1 atom stereocenters. The number of rotatable bonds is 10. The van der Waals surface area contributed by atoms with Gasteiger partial charge < -0.3 is 29.5 Å². The average Bonchev–Trinajstić information content (AvgIpc) is 3.26. The van der Waals surface area contributed by atoms with E-state index in [4.69, 9.17) is 4.74 Å². The van der Waals surface area contributed by atoms with E-state index in [1.165, 1.54) is 6.20 Å². The van der Waals surface area contributed by atoms with Crippen molar-refractivity contribution >= 4 is 34.7 Å². The molecule has 232 valence electrons. The van der Waals surface area contributed by atoms with Crippen molar-refractivity contribution in [2.24, 2.45) is 5.92 Å². The zero-order chi connectivity index (χ0) is 31.3. The molecule has 10 nitrogen and oxygen atoms in total. The lowest BCUT2D eigenvalue weighted by atomic mass is 10.1. The quantitative estimate of drug-likeness (QED) is 0.336. The van der Waals surface area contributed by atoms with Gasteiger partial charge in [0, 0.05) is 49.1 Å². The van der Waals surface area contributed by atoms with E-state index >= 15 is 0 Å². The summed E-state index contributed by atoms with van der Waals surface area (Å²) in [6.45, 7) is 14.3. The van der Waals surface area contributed by atoms with E-state index in [9.17, 15) is 19.5 Å². The van der Waals surface area contributed by atoms with E-state index in [1.54, 1.807) is 10.6 Å². The summed E-state index contributed by atoms with van der Waals surface area (Å²) in [4.78, 5) is 45.6. The molecule has 2 amide bonds. The predicted octanol–water partition coefficient (Wildman–Crippen LogP) is 5.13. The van der Waals surface area contributed by atoms with Crippen LogP contribution in [0.1, 0.15) is 69.6 Å². The molecule has 1 saturated heterocycles. The van der Waals surface area contributed by atoms with Crippen molar-refractivity contribution in [1.29, 1.82) is 0 Å². The first-order valence-electron chi connectivity index (χ1n) is 15.2. The zero-order valence-corrected chi connectivity index (χ0v) is 26.2. The number of nitrogens with one attached hydrogen (secondary N) is 1. The lowest BCUT2D eigenvalue weighted by molar-refractivity contribution is -0.137. The molecule has 3 aromatic rings. The molecule has 0 bridgehead atoms. The summed E-state index contributed by atoms with van der Waals surface area (Å²) >= 11 is 0. The molecule has 1 fully saturated rings. The molecule has 0 radical (unpaired) electrons. The van der Waals surface area contributed by atoms with E-state index in [-0.39, 0.29) is 24.6 Å². The normalized spacial score (nSPS) is 15.7. The van der Waals surface area contributed by atoms with Crippen molar-refractivity contribution < 1.29 is 24.2 Å². The van der Waals surface area contributed by atoms with Gasteiger partial charge in [-0.3, -0.25) is 9.59 Å². The summed E-state index contributed by atoms with van der Waals surface area (Å²) < 4.78 is 7.33. The van der Waals surface area contributed by atoms with Gasteiger partial charge in [-0.05, 0) is 75.8 Å². The monoisotopic (exact) mass is 591 g/mol. The second kappa shape index (κ2) is 13.5. The fourth-order valence-electron chi connectivity index (χ4n) is 5.52. The van der Waals surface area contributed by atoms with Gasteiger partial charge in [0.15, 0.2) is 0 Å². The SMILES string of the molecule is CC[C@H]1CN(c2ccc(CCNC(=O)c3cnc4c(c3)cc(CC(C)C)n4CC(=O)O)cc2)CCN1C(=O)OC(C)(C)C. The Morgan fingerprint density at radius 2 is 1.84 bits per heavy atom. The Labute approximate surface area is 254 Å². The first-order chi connectivity index (χ1) is 20.3. The summed E-state index contributed by atoms with van der Waals surface area (Å²) in [5, 5.41) is 13.1. The molecule has 10 heteroatoms. The third-order valence-electron chi connectivity index (χ3n) is 7.58. The predicted molar refractivity (Wildman–Crippen MR) is 168 cm³/mol. The number of carboxylic acids is 1. The van der Waals surface area contributed by atoms with Crippen LogP contribution in [0.3, 0.4) is 0 Å². The topological polar surface area (TPSA) is 117 Å². The first kappa shape index (κ1) is 31.8. The summed E-state index contributed by atoms with van der Waals surface area (Å²) in [5.74, 6) is -0.780. The van der Waals surface area contributed by atoms with Crippen molar-refractivity contribution in [3.63, 3.8) is 0 Å². The molecular formula is C33H45N5O5.